The third kappa shape index (κ3) is 4.29. The van der Waals surface area contributed by atoms with Gasteiger partial charge in [0.15, 0.2) is 0 Å². The van der Waals surface area contributed by atoms with E-state index in [9.17, 15) is 20.1 Å². The van der Waals surface area contributed by atoms with E-state index in [1.165, 1.54) is 18.4 Å². The minimum Gasteiger partial charge on any atom is -0.508 e. The Bertz CT molecular complexity index is 1300. The van der Waals surface area contributed by atoms with Gasteiger partial charge in [-0.1, -0.05) is 23.8 Å². The summed E-state index contributed by atoms with van der Waals surface area (Å²) in [6.07, 6.45) is 3.79. The maximum atomic E-state index is 13.6. The monoisotopic (exact) mass is 466 g/mol. The van der Waals surface area contributed by atoms with Gasteiger partial charge in [-0.3, -0.25) is 4.79 Å². The first-order valence-electron chi connectivity index (χ1n) is 11.3. The molecular formula is C27H30O7. The maximum absolute atomic E-state index is 13.6. The molecule has 2 heterocycles. The fraction of sp³-hybridized carbons (Fsp3) is 0.370. The molecule has 4 rings (SSSR count). The normalized spacial score (nSPS) is 15.3. The lowest BCUT2D eigenvalue weighted by atomic mass is 9.93. The van der Waals surface area contributed by atoms with Crippen molar-refractivity contribution < 1.29 is 29.2 Å². The van der Waals surface area contributed by atoms with Crippen molar-refractivity contribution in [3.63, 3.8) is 0 Å². The summed E-state index contributed by atoms with van der Waals surface area (Å²) < 4.78 is 18.1. The molecule has 0 fully saturated rings. The van der Waals surface area contributed by atoms with Crippen molar-refractivity contribution in [2.24, 2.45) is 0 Å². The third-order valence-electron chi connectivity index (χ3n) is 6.22. The van der Waals surface area contributed by atoms with E-state index in [2.05, 4.69) is 0 Å². The van der Waals surface area contributed by atoms with Crippen molar-refractivity contribution in [1.82, 2.24) is 0 Å². The molecule has 34 heavy (non-hydrogen) atoms. The first-order chi connectivity index (χ1) is 16.1. The van der Waals surface area contributed by atoms with Crippen molar-refractivity contribution in [3.8, 4) is 28.4 Å². The highest BCUT2D eigenvalue weighted by Gasteiger charge is 2.41. The number of phenolic OH excluding ortho intramolecular Hbond substituents is 2. The van der Waals surface area contributed by atoms with Crippen LogP contribution in [0.15, 0.2) is 51.4 Å². The van der Waals surface area contributed by atoms with Crippen LogP contribution >= 0.6 is 0 Å². The van der Waals surface area contributed by atoms with Crippen LogP contribution in [0.4, 0.5) is 0 Å². The Kier molecular flexibility index (Phi) is 6.43. The molecule has 180 valence electrons. The summed E-state index contributed by atoms with van der Waals surface area (Å²) in [5, 5.41) is 30.1. The van der Waals surface area contributed by atoms with E-state index in [-0.39, 0.29) is 46.7 Å². The van der Waals surface area contributed by atoms with E-state index >= 15 is 0 Å². The SMILES string of the molecule is CC(C)=CCc1c2c(c(O)c3c(=O)c(-c4ccc(O)cc4)coc13)CC(C(C)(C)OCCO)O2. The molecule has 0 spiro atoms. The van der Waals surface area contributed by atoms with Crippen molar-refractivity contribution in [2.75, 3.05) is 13.2 Å². The van der Waals surface area contributed by atoms with Crippen LogP contribution in [0.2, 0.25) is 0 Å². The Balaban J connectivity index is 1.91. The van der Waals surface area contributed by atoms with Crippen molar-refractivity contribution >= 4 is 11.0 Å². The fourth-order valence-electron chi connectivity index (χ4n) is 4.27. The van der Waals surface area contributed by atoms with Crippen molar-refractivity contribution in [3.05, 3.63) is 63.5 Å². The summed E-state index contributed by atoms with van der Waals surface area (Å²) in [6.45, 7) is 7.77. The Morgan fingerprint density at radius 1 is 1.21 bits per heavy atom. The van der Waals surface area contributed by atoms with Crippen LogP contribution in [0.1, 0.15) is 38.8 Å². The summed E-state index contributed by atoms with van der Waals surface area (Å²) in [4.78, 5) is 13.6. The molecular weight excluding hydrogens is 436 g/mol. The molecule has 0 saturated carbocycles. The summed E-state index contributed by atoms with van der Waals surface area (Å²) in [5.41, 5.74) is 2.40. The first kappa shape index (κ1) is 23.9. The molecule has 0 amide bonds. The minimum atomic E-state index is -0.733. The Morgan fingerprint density at radius 2 is 1.91 bits per heavy atom. The lowest BCUT2D eigenvalue weighted by Crippen LogP contribution is -2.42. The largest absolute Gasteiger partial charge is 0.508 e. The number of ether oxygens (including phenoxy) is 2. The average Bonchev–Trinajstić information content (AvgIpc) is 3.25. The molecule has 7 nitrogen and oxygen atoms in total. The predicted molar refractivity (Wildman–Crippen MR) is 130 cm³/mol. The highest BCUT2D eigenvalue weighted by molar-refractivity contribution is 5.93. The van der Waals surface area contributed by atoms with Gasteiger partial charge < -0.3 is 29.2 Å². The molecule has 0 radical (unpaired) electrons. The second kappa shape index (κ2) is 9.16. The molecule has 1 aliphatic heterocycles. The van der Waals surface area contributed by atoms with E-state index in [0.29, 0.717) is 35.3 Å². The van der Waals surface area contributed by atoms with E-state index in [0.717, 1.165) is 5.57 Å². The molecule has 1 aromatic heterocycles. The average molecular weight is 467 g/mol. The zero-order valence-electron chi connectivity index (χ0n) is 19.8. The topological polar surface area (TPSA) is 109 Å². The van der Waals surface area contributed by atoms with E-state index < -0.39 is 11.7 Å². The van der Waals surface area contributed by atoms with Crippen molar-refractivity contribution in [2.45, 2.75) is 52.2 Å². The Labute approximate surface area is 197 Å². The Morgan fingerprint density at radius 3 is 2.56 bits per heavy atom. The molecule has 7 heteroatoms. The highest BCUT2D eigenvalue weighted by atomic mass is 16.6. The van der Waals surface area contributed by atoms with E-state index in [1.54, 1.807) is 12.1 Å². The Hall–Kier alpha value is -3.29. The van der Waals surface area contributed by atoms with Crippen LogP contribution in [0.25, 0.3) is 22.1 Å². The van der Waals surface area contributed by atoms with Gasteiger partial charge in [0.2, 0.25) is 5.43 Å². The molecule has 3 N–H and O–H groups in total. The lowest BCUT2D eigenvalue weighted by molar-refractivity contribution is -0.0916. The van der Waals surface area contributed by atoms with Crippen molar-refractivity contribution in [1.29, 1.82) is 0 Å². The smallest absolute Gasteiger partial charge is 0.204 e. The minimum absolute atomic E-state index is 0.0906. The van der Waals surface area contributed by atoms with Gasteiger partial charge in [0.05, 0.1) is 24.4 Å². The first-order valence-corrected chi connectivity index (χ1v) is 11.3. The summed E-state index contributed by atoms with van der Waals surface area (Å²) in [7, 11) is 0. The quantitative estimate of drug-likeness (QED) is 0.441. The molecule has 0 saturated heterocycles. The highest BCUT2D eigenvalue weighted by Crippen LogP contribution is 2.46. The zero-order valence-corrected chi connectivity index (χ0v) is 19.8. The van der Waals surface area contributed by atoms with Crippen LogP contribution in [0.5, 0.6) is 17.2 Å². The summed E-state index contributed by atoms with van der Waals surface area (Å²) >= 11 is 0. The standard InChI is InChI=1S/C27H30O7/c1-15(2)5-10-18-25-19(13-21(34-25)27(3,4)33-12-11-28)23(30)22-24(31)20(14-32-26(18)22)16-6-8-17(29)9-7-16/h5-9,14,21,28-30H,10-13H2,1-4H3. The van der Waals surface area contributed by atoms with Gasteiger partial charge in [-0.15, -0.1) is 0 Å². The molecule has 3 aromatic rings. The van der Waals surface area contributed by atoms with Crippen LogP contribution < -0.4 is 10.2 Å². The summed E-state index contributed by atoms with van der Waals surface area (Å²) in [6, 6.07) is 6.24. The van der Waals surface area contributed by atoms with Gasteiger partial charge in [0.1, 0.15) is 40.6 Å². The molecule has 1 aliphatic rings. The maximum Gasteiger partial charge on any atom is 0.204 e. The van der Waals surface area contributed by atoms with Crippen LogP contribution in [-0.2, 0) is 17.6 Å². The fourth-order valence-corrected chi connectivity index (χ4v) is 4.27. The van der Waals surface area contributed by atoms with Crippen LogP contribution in [0, 0.1) is 0 Å². The molecule has 1 atom stereocenters. The molecule has 1 unspecified atom stereocenters. The second-order valence-electron chi connectivity index (χ2n) is 9.34. The molecule has 2 aromatic carbocycles. The van der Waals surface area contributed by atoms with Gasteiger partial charge in [-0.2, -0.15) is 0 Å². The number of aromatic hydroxyl groups is 2. The van der Waals surface area contributed by atoms with Gasteiger partial charge in [0, 0.05) is 17.5 Å². The number of phenols is 2. The number of rotatable bonds is 7. The second-order valence-corrected chi connectivity index (χ2v) is 9.34. The van der Waals surface area contributed by atoms with Gasteiger partial charge in [-0.25, -0.2) is 0 Å². The number of aliphatic hydroxyl groups is 1. The number of aliphatic hydroxyl groups excluding tert-OH is 1. The number of fused-ring (bicyclic) bond motifs is 2. The summed E-state index contributed by atoms with van der Waals surface area (Å²) in [5.74, 6) is 0.447. The van der Waals surface area contributed by atoms with Gasteiger partial charge >= 0.3 is 0 Å². The van der Waals surface area contributed by atoms with Crippen LogP contribution in [-0.4, -0.2) is 40.2 Å². The third-order valence-corrected chi connectivity index (χ3v) is 6.22. The van der Waals surface area contributed by atoms with Gasteiger partial charge in [0.25, 0.3) is 0 Å². The zero-order chi connectivity index (χ0) is 24.6. The molecule has 0 bridgehead atoms. The van der Waals surface area contributed by atoms with E-state index in [1.807, 2.05) is 33.8 Å². The van der Waals surface area contributed by atoms with Gasteiger partial charge in [-0.05, 0) is 51.8 Å². The number of hydrogen-bond acceptors (Lipinski definition) is 7. The van der Waals surface area contributed by atoms with E-state index in [4.69, 9.17) is 13.9 Å². The number of hydrogen-bond donors (Lipinski definition) is 3. The van der Waals surface area contributed by atoms with Crippen LogP contribution in [0.3, 0.4) is 0 Å². The number of benzene rings is 2. The lowest BCUT2D eigenvalue weighted by Gasteiger charge is -2.31. The molecule has 0 aliphatic carbocycles. The predicted octanol–water partition coefficient (Wildman–Crippen LogP) is 4.47. The number of allylic oxidation sites excluding steroid dienone is 2.